The second-order valence-corrected chi connectivity index (χ2v) is 5.00. The number of nitrogens with zero attached hydrogens (tertiary/aromatic N) is 2. The van der Waals surface area contributed by atoms with Crippen molar-refractivity contribution in [2.24, 2.45) is 0 Å². The number of hydrogen-bond donors (Lipinski definition) is 2. The first-order chi connectivity index (χ1) is 9.08. The normalized spacial score (nSPS) is 17.9. The zero-order chi connectivity index (χ0) is 13.8. The lowest BCUT2D eigenvalue weighted by Crippen LogP contribution is -2.36. The number of rotatable bonds is 4. The van der Waals surface area contributed by atoms with Crippen LogP contribution in [-0.2, 0) is 4.79 Å². The number of carboxylic acids is 1. The molecule has 19 heavy (non-hydrogen) atoms. The number of aromatic nitrogens is 2. The molecule has 1 saturated carbocycles. The van der Waals surface area contributed by atoms with Gasteiger partial charge in [0.25, 0.3) is 5.91 Å². The van der Waals surface area contributed by atoms with Crippen LogP contribution >= 0.6 is 0 Å². The van der Waals surface area contributed by atoms with Gasteiger partial charge in [-0.2, -0.15) is 5.10 Å². The van der Waals surface area contributed by atoms with Crippen LogP contribution in [0.5, 0.6) is 0 Å². The van der Waals surface area contributed by atoms with Crippen LogP contribution in [0.25, 0.3) is 0 Å². The van der Waals surface area contributed by atoms with E-state index in [1.807, 2.05) is 0 Å². The lowest BCUT2D eigenvalue weighted by atomic mass is 9.95. The summed E-state index contributed by atoms with van der Waals surface area (Å²) >= 11 is 0. The van der Waals surface area contributed by atoms with E-state index in [0.717, 1.165) is 25.7 Å². The minimum atomic E-state index is -0.970. The molecule has 0 aromatic carbocycles. The maximum atomic E-state index is 12.0. The molecule has 1 atom stereocenters. The smallest absolute Gasteiger partial charge is 0.328 e. The fourth-order valence-electron chi connectivity index (χ4n) is 2.29. The molecule has 2 rings (SSSR count). The number of amides is 1. The first kappa shape index (κ1) is 13.6. The van der Waals surface area contributed by atoms with Crippen molar-refractivity contribution in [2.45, 2.75) is 51.1 Å². The first-order valence-corrected chi connectivity index (χ1v) is 6.67. The first-order valence-electron chi connectivity index (χ1n) is 6.67. The van der Waals surface area contributed by atoms with Gasteiger partial charge in [-0.3, -0.25) is 9.48 Å². The molecule has 1 aliphatic rings. The van der Waals surface area contributed by atoms with E-state index >= 15 is 0 Å². The van der Waals surface area contributed by atoms with Crippen LogP contribution in [0.1, 0.15) is 55.6 Å². The van der Waals surface area contributed by atoms with Gasteiger partial charge in [0.15, 0.2) is 0 Å². The number of hydrogen-bond acceptors (Lipinski definition) is 3. The third kappa shape index (κ3) is 3.33. The fraction of sp³-hybridized carbons (Fsp3) is 0.615. The average molecular weight is 265 g/mol. The lowest BCUT2D eigenvalue weighted by molar-refractivity contribution is -0.140. The Morgan fingerprint density at radius 2 is 2.11 bits per heavy atom. The number of carboxylic acid groups (broad SMARTS) is 1. The number of carbonyl (C=O) groups excluding carboxylic acids is 1. The molecule has 0 saturated heterocycles. The Kier molecular flexibility index (Phi) is 4.19. The summed E-state index contributed by atoms with van der Waals surface area (Å²) in [6, 6.07) is 1.01. The molecule has 104 valence electrons. The van der Waals surface area contributed by atoms with E-state index in [-0.39, 0.29) is 17.6 Å². The van der Waals surface area contributed by atoms with Gasteiger partial charge in [0.2, 0.25) is 0 Å². The van der Waals surface area contributed by atoms with Gasteiger partial charge in [0.05, 0.1) is 0 Å². The molecule has 1 aromatic heterocycles. The van der Waals surface area contributed by atoms with Crippen LogP contribution in [0.4, 0.5) is 0 Å². The van der Waals surface area contributed by atoms with E-state index in [0.29, 0.717) is 0 Å². The molecule has 0 radical (unpaired) electrons. The summed E-state index contributed by atoms with van der Waals surface area (Å²) in [5, 5.41) is 15.9. The van der Waals surface area contributed by atoms with Crippen LogP contribution in [-0.4, -0.2) is 32.8 Å². The van der Waals surface area contributed by atoms with Crippen molar-refractivity contribution in [3.63, 3.8) is 0 Å². The van der Waals surface area contributed by atoms with Crippen LogP contribution in [0, 0.1) is 0 Å². The van der Waals surface area contributed by atoms with Gasteiger partial charge in [-0.05, 0) is 25.8 Å². The second kappa shape index (κ2) is 5.86. The van der Waals surface area contributed by atoms with Crippen molar-refractivity contribution in [2.75, 3.05) is 0 Å². The van der Waals surface area contributed by atoms with Crippen molar-refractivity contribution in [3.05, 3.63) is 18.0 Å². The zero-order valence-corrected chi connectivity index (χ0v) is 11.0. The third-order valence-electron chi connectivity index (χ3n) is 3.54. The van der Waals surface area contributed by atoms with Crippen LogP contribution in [0.3, 0.4) is 0 Å². The minimum Gasteiger partial charge on any atom is -0.480 e. The van der Waals surface area contributed by atoms with Gasteiger partial charge < -0.3 is 10.4 Å². The Hall–Kier alpha value is -1.85. The zero-order valence-electron chi connectivity index (χ0n) is 11.0. The molecular weight excluding hydrogens is 246 g/mol. The van der Waals surface area contributed by atoms with Gasteiger partial charge in [-0.25, -0.2) is 4.79 Å². The quantitative estimate of drug-likeness (QED) is 0.865. The van der Waals surface area contributed by atoms with E-state index in [2.05, 4.69) is 10.4 Å². The van der Waals surface area contributed by atoms with Crippen molar-refractivity contribution in [1.82, 2.24) is 15.1 Å². The molecular formula is C13H19N3O3. The molecule has 0 bridgehead atoms. The predicted octanol–water partition coefficient (Wildman–Crippen LogP) is 1.59. The molecule has 2 N–H and O–H groups in total. The average Bonchev–Trinajstić information content (AvgIpc) is 2.88. The molecule has 1 amide bonds. The Morgan fingerprint density at radius 1 is 1.42 bits per heavy atom. The van der Waals surface area contributed by atoms with Crippen molar-refractivity contribution >= 4 is 11.9 Å². The van der Waals surface area contributed by atoms with E-state index in [9.17, 15) is 9.59 Å². The summed E-state index contributed by atoms with van der Waals surface area (Å²) in [5.74, 6) is -1.19. The summed E-state index contributed by atoms with van der Waals surface area (Å²) < 4.78 is 1.29. The highest BCUT2D eigenvalue weighted by Gasteiger charge is 2.20. The molecule has 0 spiro atoms. The molecule has 1 unspecified atom stereocenters. The molecule has 1 aromatic rings. The highest BCUT2D eigenvalue weighted by Crippen LogP contribution is 2.17. The van der Waals surface area contributed by atoms with E-state index in [4.69, 9.17) is 5.11 Å². The molecule has 6 heteroatoms. The summed E-state index contributed by atoms with van der Waals surface area (Å²) in [4.78, 5) is 22.8. The maximum absolute atomic E-state index is 12.0. The molecule has 1 aliphatic carbocycles. The van der Waals surface area contributed by atoms with Gasteiger partial charge in [0.1, 0.15) is 11.7 Å². The van der Waals surface area contributed by atoms with Gasteiger partial charge in [0, 0.05) is 12.2 Å². The predicted molar refractivity (Wildman–Crippen MR) is 68.9 cm³/mol. The van der Waals surface area contributed by atoms with Crippen molar-refractivity contribution in [1.29, 1.82) is 0 Å². The van der Waals surface area contributed by atoms with Crippen LogP contribution in [0.15, 0.2) is 12.3 Å². The SMILES string of the molecule is CC(C(=O)O)n1ccc(C(=O)NC2CCCCC2)n1. The highest BCUT2D eigenvalue weighted by atomic mass is 16.4. The van der Waals surface area contributed by atoms with Gasteiger partial charge in [-0.15, -0.1) is 0 Å². The largest absolute Gasteiger partial charge is 0.480 e. The topological polar surface area (TPSA) is 84.2 Å². The molecule has 1 fully saturated rings. The van der Waals surface area contributed by atoms with Gasteiger partial charge in [-0.1, -0.05) is 19.3 Å². The molecule has 0 aliphatic heterocycles. The Labute approximate surface area is 111 Å². The number of nitrogens with one attached hydrogen (secondary N) is 1. The van der Waals surface area contributed by atoms with Crippen LogP contribution in [0.2, 0.25) is 0 Å². The van der Waals surface area contributed by atoms with Crippen molar-refractivity contribution in [3.8, 4) is 0 Å². The summed E-state index contributed by atoms with van der Waals surface area (Å²) in [6.45, 7) is 1.53. The van der Waals surface area contributed by atoms with E-state index in [1.165, 1.54) is 24.2 Å². The lowest BCUT2D eigenvalue weighted by Gasteiger charge is -2.22. The number of carbonyl (C=O) groups is 2. The summed E-state index contributed by atoms with van der Waals surface area (Å²) in [5.41, 5.74) is 0.277. The standard InChI is InChI=1S/C13H19N3O3/c1-9(13(18)19)16-8-7-11(15-16)12(17)14-10-5-3-2-4-6-10/h7-10H,2-6H2,1H3,(H,14,17)(H,18,19). The summed E-state index contributed by atoms with van der Waals surface area (Å²) in [6.07, 6.45) is 7.08. The van der Waals surface area contributed by atoms with E-state index in [1.54, 1.807) is 6.07 Å². The van der Waals surface area contributed by atoms with E-state index < -0.39 is 12.0 Å². The Bertz CT molecular complexity index is 463. The van der Waals surface area contributed by atoms with Gasteiger partial charge >= 0.3 is 5.97 Å². The Balaban J connectivity index is 1.97. The number of aliphatic carboxylic acids is 1. The Morgan fingerprint density at radius 3 is 2.74 bits per heavy atom. The second-order valence-electron chi connectivity index (χ2n) is 5.00. The maximum Gasteiger partial charge on any atom is 0.328 e. The summed E-state index contributed by atoms with van der Waals surface area (Å²) in [7, 11) is 0. The molecule has 6 nitrogen and oxygen atoms in total. The monoisotopic (exact) mass is 265 g/mol. The highest BCUT2D eigenvalue weighted by molar-refractivity contribution is 5.92. The third-order valence-corrected chi connectivity index (χ3v) is 3.54. The molecule has 1 heterocycles. The van der Waals surface area contributed by atoms with Crippen molar-refractivity contribution < 1.29 is 14.7 Å². The minimum absolute atomic E-state index is 0.219. The van der Waals surface area contributed by atoms with Crippen LogP contribution < -0.4 is 5.32 Å². The fourth-order valence-corrected chi connectivity index (χ4v) is 2.29.